The lowest BCUT2D eigenvalue weighted by atomic mass is 9.89. The lowest BCUT2D eigenvalue weighted by Crippen LogP contribution is -2.28. The first kappa shape index (κ1) is 20.0. The van der Waals surface area contributed by atoms with Crippen LogP contribution >= 0.6 is 11.6 Å². The molecule has 0 amide bonds. The molecule has 0 saturated heterocycles. The largest absolute Gasteiger partial charge is 0.498 e. The van der Waals surface area contributed by atoms with Crippen LogP contribution < -0.4 is 0 Å². The molecule has 4 heteroatoms. The minimum Gasteiger partial charge on any atom is -0.498 e. The van der Waals surface area contributed by atoms with Crippen LogP contribution in [0.1, 0.15) is 16.8 Å². The molecule has 136 valence electrons. The number of hydrogen-bond donors (Lipinski definition) is 0. The number of ether oxygens (including phenoxy) is 2. The van der Waals surface area contributed by atoms with Gasteiger partial charge in [0.25, 0.3) is 0 Å². The molecule has 0 aliphatic heterocycles. The van der Waals surface area contributed by atoms with Crippen LogP contribution in [0.3, 0.4) is 0 Å². The molecule has 2 atom stereocenters. The molecule has 1 aromatic carbocycles. The maximum absolute atomic E-state index is 12.3. The van der Waals surface area contributed by atoms with Crippen molar-refractivity contribution in [2.75, 3.05) is 13.7 Å². The van der Waals surface area contributed by atoms with Gasteiger partial charge in [0, 0.05) is 16.5 Å². The Kier molecular flexibility index (Phi) is 7.64. The van der Waals surface area contributed by atoms with E-state index in [1.165, 1.54) is 0 Å². The van der Waals surface area contributed by atoms with Crippen molar-refractivity contribution in [2.24, 2.45) is 5.92 Å². The summed E-state index contributed by atoms with van der Waals surface area (Å²) in [5.41, 5.74) is 1.49. The Morgan fingerprint density at radius 2 is 1.96 bits per heavy atom. The first-order valence-corrected chi connectivity index (χ1v) is 8.75. The topological polar surface area (TPSA) is 35.5 Å². The summed E-state index contributed by atoms with van der Waals surface area (Å²) in [5.74, 6) is 0.720. The number of carbonyl (C=O) groups is 1. The monoisotopic (exact) mass is 370 g/mol. The summed E-state index contributed by atoms with van der Waals surface area (Å²) in [6.07, 6.45) is 11.4. The van der Waals surface area contributed by atoms with E-state index < -0.39 is 0 Å². The third-order valence-corrected chi connectivity index (χ3v) is 4.26. The maximum Gasteiger partial charge on any atom is 0.185 e. The summed E-state index contributed by atoms with van der Waals surface area (Å²) in [6, 6.07) is 6.82. The van der Waals surface area contributed by atoms with E-state index >= 15 is 0 Å². The summed E-state index contributed by atoms with van der Waals surface area (Å²) in [5, 5.41) is 0.603. The van der Waals surface area contributed by atoms with Crippen molar-refractivity contribution >= 4 is 17.4 Å². The highest BCUT2D eigenvalue weighted by Gasteiger charge is 2.27. The fourth-order valence-corrected chi connectivity index (χ4v) is 2.89. The number of hydrogen-bond acceptors (Lipinski definition) is 3. The van der Waals surface area contributed by atoms with Gasteiger partial charge in [0.05, 0.1) is 13.7 Å². The normalized spacial score (nSPS) is 19.6. The van der Waals surface area contributed by atoms with Gasteiger partial charge in [-0.2, -0.15) is 0 Å². The highest BCUT2D eigenvalue weighted by Crippen LogP contribution is 2.30. The number of methoxy groups -OCH3 is 1. The van der Waals surface area contributed by atoms with Gasteiger partial charge in [-0.3, -0.25) is 4.79 Å². The Morgan fingerprint density at radius 3 is 2.58 bits per heavy atom. The third-order valence-electron chi connectivity index (χ3n) is 4.01. The van der Waals surface area contributed by atoms with E-state index in [-0.39, 0.29) is 17.8 Å². The Hall–Kier alpha value is -2.36. The minimum absolute atomic E-state index is 0.0812. The van der Waals surface area contributed by atoms with Gasteiger partial charge in [0.15, 0.2) is 5.78 Å². The summed E-state index contributed by atoms with van der Waals surface area (Å²) in [6.45, 7) is 7.94. The molecule has 26 heavy (non-hydrogen) atoms. The van der Waals surface area contributed by atoms with Gasteiger partial charge < -0.3 is 9.47 Å². The average Bonchev–Trinajstić information content (AvgIpc) is 2.65. The van der Waals surface area contributed by atoms with Crippen LogP contribution in [0.5, 0.6) is 0 Å². The lowest BCUT2D eigenvalue weighted by molar-refractivity contribution is 0.0290. The molecule has 2 rings (SSSR count). The van der Waals surface area contributed by atoms with E-state index in [9.17, 15) is 4.79 Å². The summed E-state index contributed by atoms with van der Waals surface area (Å²) in [7, 11) is 1.62. The summed E-state index contributed by atoms with van der Waals surface area (Å²) >= 11 is 5.86. The van der Waals surface area contributed by atoms with Crippen molar-refractivity contribution in [1.29, 1.82) is 0 Å². The predicted molar refractivity (Wildman–Crippen MR) is 106 cm³/mol. The Balaban J connectivity index is 2.20. The zero-order valence-corrected chi connectivity index (χ0v) is 15.6. The molecule has 0 aromatic heterocycles. The van der Waals surface area contributed by atoms with Gasteiger partial charge in [-0.05, 0) is 48.4 Å². The fraction of sp³-hybridized carbons (Fsp3) is 0.227. The fourth-order valence-electron chi connectivity index (χ4n) is 2.76. The van der Waals surface area contributed by atoms with E-state index in [1.807, 2.05) is 12.2 Å². The SMILES string of the molecule is C=CCOC1C(OC)=CC(/C=C/C(=O)c2ccc(Cl)cc2)=CC1CC=C. The van der Waals surface area contributed by atoms with Crippen molar-refractivity contribution in [3.05, 3.63) is 95.8 Å². The molecule has 0 saturated carbocycles. The van der Waals surface area contributed by atoms with Crippen LogP contribution in [0.2, 0.25) is 5.02 Å². The zero-order valence-electron chi connectivity index (χ0n) is 14.9. The standard InChI is InChI=1S/C22H23ClO3/c1-4-6-18-14-16(15-21(25-3)22(18)26-13-5-2)7-12-20(24)17-8-10-19(23)11-9-17/h4-5,7-12,14-15,18,22H,1-2,6,13H2,3H3/b12-7+. The molecule has 0 N–H and O–H groups in total. The van der Waals surface area contributed by atoms with E-state index in [2.05, 4.69) is 19.2 Å². The van der Waals surface area contributed by atoms with E-state index in [4.69, 9.17) is 21.1 Å². The number of ketones is 1. The average molecular weight is 371 g/mol. The van der Waals surface area contributed by atoms with Crippen LogP contribution in [0.4, 0.5) is 0 Å². The predicted octanol–water partition coefficient (Wildman–Crippen LogP) is 5.31. The number of halogens is 1. The summed E-state index contributed by atoms with van der Waals surface area (Å²) < 4.78 is 11.4. The Morgan fingerprint density at radius 1 is 1.23 bits per heavy atom. The maximum atomic E-state index is 12.3. The van der Waals surface area contributed by atoms with Gasteiger partial charge in [0.2, 0.25) is 0 Å². The van der Waals surface area contributed by atoms with Gasteiger partial charge in [-0.1, -0.05) is 35.9 Å². The third kappa shape index (κ3) is 5.32. The summed E-state index contributed by atoms with van der Waals surface area (Å²) in [4.78, 5) is 12.3. The second-order valence-electron chi connectivity index (χ2n) is 5.85. The van der Waals surface area contributed by atoms with Crippen molar-refractivity contribution < 1.29 is 14.3 Å². The molecule has 0 spiro atoms. The molecule has 2 unspecified atom stereocenters. The van der Waals surface area contributed by atoms with E-state index in [1.54, 1.807) is 49.6 Å². The van der Waals surface area contributed by atoms with Gasteiger partial charge in [-0.15, -0.1) is 13.2 Å². The molecule has 0 heterocycles. The number of allylic oxidation sites excluding steroid dienone is 5. The Labute approximate surface area is 160 Å². The number of carbonyl (C=O) groups excluding carboxylic acids is 1. The van der Waals surface area contributed by atoms with Gasteiger partial charge in [0.1, 0.15) is 11.9 Å². The number of benzene rings is 1. The smallest absolute Gasteiger partial charge is 0.185 e. The number of rotatable bonds is 9. The van der Waals surface area contributed by atoms with Crippen molar-refractivity contribution in [1.82, 2.24) is 0 Å². The Bertz CT molecular complexity index is 741. The van der Waals surface area contributed by atoms with Crippen LogP contribution in [-0.2, 0) is 9.47 Å². The van der Waals surface area contributed by atoms with Gasteiger partial charge >= 0.3 is 0 Å². The second kappa shape index (κ2) is 9.95. The quantitative estimate of drug-likeness (QED) is 0.335. The lowest BCUT2D eigenvalue weighted by Gasteiger charge is -2.29. The van der Waals surface area contributed by atoms with Crippen molar-refractivity contribution in [3.8, 4) is 0 Å². The van der Waals surface area contributed by atoms with Crippen LogP contribution in [0.15, 0.2) is 85.2 Å². The van der Waals surface area contributed by atoms with E-state index in [0.29, 0.717) is 17.2 Å². The minimum atomic E-state index is -0.194. The first-order valence-electron chi connectivity index (χ1n) is 8.37. The highest BCUT2D eigenvalue weighted by molar-refractivity contribution is 6.30. The highest BCUT2D eigenvalue weighted by atomic mass is 35.5. The van der Waals surface area contributed by atoms with Crippen LogP contribution in [-0.4, -0.2) is 25.6 Å². The molecular formula is C22H23ClO3. The molecule has 0 bridgehead atoms. The van der Waals surface area contributed by atoms with Crippen molar-refractivity contribution in [3.63, 3.8) is 0 Å². The molecule has 0 fully saturated rings. The first-order chi connectivity index (χ1) is 12.6. The molecule has 0 radical (unpaired) electrons. The molecule has 1 aromatic rings. The molecule has 3 nitrogen and oxygen atoms in total. The second-order valence-corrected chi connectivity index (χ2v) is 6.29. The molecule has 1 aliphatic carbocycles. The van der Waals surface area contributed by atoms with Crippen LogP contribution in [0.25, 0.3) is 0 Å². The molecular weight excluding hydrogens is 348 g/mol. The molecule has 1 aliphatic rings. The zero-order chi connectivity index (χ0) is 18.9. The van der Waals surface area contributed by atoms with E-state index in [0.717, 1.165) is 17.8 Å². The van der Waals surface area contributed by atoms with Gasteiger partial charge in [-0.25, -0.2) is 0 Å². The van der Waals surface area contributed by atoms with Crippen molar-refractivity contribution in [2.45, 2.75) is 12.5 Å². The van der Waals surface area contributed by atoms with Crippen LogP contribution in [0, 0.1) is 5.92 Å².